The van der Waals surface area contributed by atoms with Crippen molar-refractivity contribution < 1.29 is 9.21 Å². The molecule has 6 nitrogen and oxygen atoms in total. The van der Waals surface area contributed by atoms with Gasteiger partial charge in [-0.15, -0.1) is 0 Å². The van der Waals surface area contributed by atoms with Crippen LogP contribution < -0.4 is 10.9 Å². The van der Waals surface area contributed by atoms with Crippen LogP contribution in [0.5, 0.6) is 0 Å². The number of hydrogen-bond acceptors (Lipinski definition) is 4. The normalized spacial score (nSPS) is 10.8. The summed E-state index contributed by atoms with van der Waals surface area (Å²) in [7, 11) is 0. The lowest BCUT2D eigenvalue weighted by molar-refractivity contribution is 0.0950. The van der Waals surface area contributed by atoms with E-state index in [0.29, 0.717) is 17.3 Å². The third-order valence-electron chi connectivity index (χ3n) is 3.26. The molecule has 2 heterocycles. The summed E-state index contributed by atoms with van der Waals surface area (Å²) in [4.78, 5) is 30.6. The van der Waals surface area contributed by atoms with Gasteiger partial charge in [-0.1, -0.05) is 23.7 Å². The van der Waals surface area contributed by atoms with E-state index in [1.54, 1.807) is 19.1 Å². The van der Waals surface area contributed by atoms with E-state index in [2.05, 4.69) is 15.3 Å². The number of carbonyl (C=O) groups excluding carboxylic acids is 1. The van der Waals surface area contributed by atoms with Crippen molar-refractivity contribution in [2.45, 2.75) is 13.5 Å². The van der Waals surface area contributed by atoms with E-state index in [1.807, 2.05) is 12.1 Å². The number of aromatic nitrogens is 2. The van der Waals surface area contributed by atoms with Crippen molar-refractivity contribution in [3.8, 4) is 0 Å². The molecule has 0 aliphatic rings. The lowest BCUT2D eigenvalue weighted by Crippen LogP contribution is -2.24. The average molecular weight is 318 g/mol. The van der Waals surface area contributed by atoms with Gasteiger partial charge in [-0.2, -0.15) is 0 Å². The van der Waals surface area contributed by atoms with Gasteiger partial charge < -0.3 is 14.7 Å². The van der Waals surface area contributed by atoms with Gasteiger partial charge in [0.15, 0.2) is 0 Å². The number of amides is 1. The Bertz CT molecular complexity index is 897. The first-order valence-electron chi connectivity index (χ1n) is 6.55. The highest BCUT2D eigenvalue weighted by Crippen LogP contribution is 2.20. The van der Waals surface area contributed by atoms with E-state index in [4.69, 9.17) is 16.0 Å². The van der Waals surface area contributed by atoms with Crippen LogP contribution in [0, 0.1) is 6.92 Å². The quantitative estimate of drug-likeness (QED) is 0.776. The molecule has 7 heteroatoms. The molecule has 2 N–H and O–H groups in total. The number of H-pyrrole nitrogens is 1. The number of aromatic amines is 1. The number of carbonyl (C=O) groups is 1. The van der Waals surface area contributed by atoms with Crippen molar-refractivity contribution in [3.63, 3.8) is 0 Å². The Hall–Kier alpha value is -2.60. The SMILES string of the molecule is Cc1oc2nc[nH]c(=O)c2c1C(=O)NCc1ccc(Cl)cc1. The molecule has 0 radical (unpaired) electrons. The average Bonchev–Trinajstić information content (AvgIpc) is 2.84. The molecule has 0 fully saturated rings. The van der Waals surface area contributed by atoms with E-state index < -0.39 is 5.56 Å². The van der Waals surface area contributed by atoms with Crippen LogP contribution in [-0.4, -0.2) is 15.9 Å². The number of benzene rings is 1. The fourth-order valence-electron chi connectivity index (χ4n) is 2.20. The van der Waals surface area contributed by atoms with Crippen LogP contribution in [0.1, 0.15) is 21.7 Å². The summed E-state index contributed by atoms with van der Waals surface area (Å²) in [6, 6.07) is 7.13. The smallest absolute Gasteiger partial charge is 0.262 e. The molecular weight excluding hydrogens is 306 g/mol. The summed E-state index contributed by atoms with van der Waals surface area (Å²) in [5.74, 6) is -0.0301. The van der Waals surface area contributed by atoms with Crippen molar-refractivity contribution in [2.75, 3.05) is 0 Å². The molecule has 0 spiro atoms. The van der Waals surface area contributed by atoms with Crippen LogP contribution in [-0.2, 0) is 6.54 Å². The Morgan fingerprint density at radius 1 is 1.36 bits per heavy atom. The van der Waals surface area contributed by atoms with E-state index in [-0.39, 0.29) is 22.6 Å². The van der Waals surface area contributed by atoms with Gasteiger partial charge >= 0.3 is 0 Å². The maximum atomic E-state index is 12.4. The Kier molecular flexibility index (Phi) is 3.68. The molecule has 2 aromatic heterocycles. The Morgan fingerprint density at radius 3 is 2.82 bits per heavy atom. The summed E-state index contributed by atoms with van der Waals surface area (Å²) < 4.78 is 5.36. The van der Waals surface area contributed by atoms with Gasteiger partial charge in [-0.05, 0) is 24.6 Å². The fraction of sp³-hybridized carbons (Fsp3) is 0.133. The van der Waals surface area contributed by atoms with Gasteiger partial charge in [0.2, 0.25) is 5.71 Å². The van der Waals surface area contributed by atoms with Crippen molar-refractivity contribution in [1.82, 2.24) is 15.3 Å². The summed E-state index contributed by atoms with van der Waals surface area (Å²) >= 11 is 5.81. The van der Waals surface area contributed by atoms with E-state index >= 15 is 0 Å². The number of halogens is 1. The summed E-state index contributed by atoms with van der Waals surface area (Å²) in [6.45, 7) is 1.94. The monoisotopic (exact) mass is 317 g/mol. The highest BCUT2D eigenvalue weighted by atomic mass is 35.5. The van der Waals surface area contributed by atoms with Crippen molar-refractivity contribution in [2.24, 2.45) is 0 Å². The van der Waals surface area contributed by atoms with Crippen LogP contribution in [0.2, 0.25) is 5.02 Å². The first kappa shape index (κ1) is 14.3. The molecule has 0 saturated carbocycles. The van der Waals surface area contributed by atoms with Crippen LogP contribution in [0.15, 0.2) is 39.8 Å². The summed E-state index contributed by atoms with van der Waals surface area (Å²) in [6.07, 6.45) is 1.24. The molecule has 22 heavy (non-hydrogen) atoms. The molecule has 3 aromatic rings. The minimum atomic E-state index is -0.404. The van der Waals surface area contributed by atoms with Gasteiger partial charge in [-0.3, -0.25) is 9.59 Å². The first-order chi connectivity index (χ1) is 10.6. The molecule has 0 aliphatic carbocycles. The van der Waals surface area contributed by atoms with Crippen molar-refractivity contribution in [3.05, 3.63) is 62.9 Å². The molecule has 112 valence electrons. The molecular formula is C15H12ClN3O3. The second-order valence-corrected chi connectivity index (χ2v) is 5.19. The molecule has 1 amide bonds. The zero-order valence-corrected chi connectivity index (χ0v) is 12.4. The van der Waals surface area contributed by atoms with E-state index in [1.165, 1.54) is 6.33 Å². The first-order valence-corrected chi connectivity index (χ1v) is 6.93. The minimum Gasteiger partial charge on any atom is -0.442 e. The summed E-state index contributed by atoms with van der Waals surface area (Å²) in [5, 5.41) is 3.55. The molecule has 0 bridgehead atoms. The minimum absolute atomic E-state index is 0.151. The van der Waals surface area contributed by atoms with Crippen molar-refractivity contribution >= 4 is 28.6 Å². The van der Waals surface area contributed by atoms with E-state index in [9.17, 15) is 9.59 Å². The highest BCUT2D eigenvalue weighted by molar-refractivity contribution is 6.30. The Labute approximate surface area is 130 Å². The summed E-state index contributed by atoms with van der Waals surface area (Å²) in [5.41, 5.74) is 0.852. The van der Waals surface area contributed by atoms with E-state index in [0.717, 1.165) is 5.56 Å². The van der Waals surface area contributed by atoms with Crippen LogP contribution in [0.4, 0.5) is 0 Å². The largest absolute Gasteiger partial charge is 0.442 e. The number of nitrogens with one attached hydrogen (secondary N) is 2. The highest BCUT2D eigenvalue weighted by Gasteiger charge is 2.21. The van der Waals surface area contributed by atoms with Gasteiger partial charge in [0.25, 0.3) is 11.5 Å². The third kappa shape index (κ3) is 2.60. The third-order valence-corrected chi connectivity index (χ3v) is 3.52. The predicted molar refractivity (Wildman–Crippen MR) is 82.0 cm³/mol. The molecule has 0 atom stereocenters. The number of rotatable bonds is 3. The van der Waals surface area contributed by atoms with Crippen molar-refractivity contribution in [1.29, 1.82) is 0 Å². The van der Waals surface area contributed by atoms with Gasteiger partial charge in [-0.25, -0.2) is 4.98 Å². The van der Waals surface area contributed by atoms with Gasteiger partial charge in [0.05, 0.1) is 11.9 Å². The molecule has 0 aliphatic heterocycles. The number of aryl methyl sites for hydroxylation is 1. The number of hydrogen-bond donors (Lipinski definition) is 2. The fourth-order valence-corrected chi connectivity index (χ4v) is 2.33. The maximum absolute atomic E-state index is 12.4. The molecule has 0 unspecified atom stereocenters. The Morgan fingerprint density at radius 2 is 2.09 bits per heavy atom. The Balaban J connectivity index is 1.88. The topological polar surface area (TPSA) is 88.0 Å². The lowest BCUT2D eigenvalue weighted by Gasteiger charge is -2.05. The molecule has 0 saturated heterocycles. The van der Waals surface area contributed by atoms with Crippen LogP contribution in [0.25, 0.3) is 11.1 Å². The number of nitrogens with zero attached hydrogens (tertiary/aromatic N) is 1. The number of furan rings is 1. The van der Waals surface area contributed by atoms with Gasteiger partial charge in [0.1, 0.15) is 11.1 Å². The standard InChI is InChI=1S/C15H12ClN3O3/c1-8-11(12-14(21)18-7-19-15(12)22-8)13(20)17-6-9-2-4-10(16)5-3-9/h2-5,7H,6H2,1H3,(H,17,20)(H,18,19,21). The lowest BCUT2D eigenvalue weighted by atomic mass is 10.1. The zero-order chi connectivity index (χ0) is 15.7. The van der Waals surface area contributed by atoms with Crippen LogP contribution in [0.3, 0.4) is 0 Å². The predicted octanol–water partition coefficient (Wildman–Crippen LogP) is 2.41. The number of fused-ring (bicyclic) bond motifs is 1. The maximum Gasteiger partial charge on any atom is 0.262 e. The zero-order valence-electron chi connectivity index (χ0n) is 11.6. The molecule has 3 rings (SSSR count). The second kappa shape index (κ2) is 5.65. The second-order valence-electron chi connectivity index (χ2n) is 4.75. The van der Waals surface area contributed by atoms with Crippen LogP contribution >= 0.6 is 11.6 Å². The molecule has 1 aromatic carbocycles. The van der Waals surface area contributed by atoms with Gasteiger partial charge in [0, 0.05) is 11.6 Å².